The van der Waals surface area contributed by atoms with Crippen molar-refractivity contribution in [1.29, 1.82) is 0 Å². The molecule has 0 atom stereocenters. The highest BCUT2D eigenvalue weighted by atomic mass is 16.4. The predicted molar refractivity (Wildman–Crippen MR) is 89.9 cm³/mol. The van der Waals surface area contributed by atoms with Gasteiger partial charge in [-0.05, 0) is 51.5 Å². The lowest BCUT2D eigenvalue weighted by Crippen LogP contribution is -2.31. The Morgan fingerprint density at radius 1 is 1.30 bits per heavy atom. The van der Waals surface area contributed by atoms with Crippen LogP contribution >= 0.6 is 0 Å². The number of benzene rings is 1. The molecule has 6 nitrogen and oxygen atoms in total. The van der Waals surface area contributed by atoms with Gasteiger partial charge in [0, 0.05) is 30.8 Å². The Morgan fingerprint density at radius 3 is 2.48 bits per heavy atom. The van der Waals surface area contributed by atoms with Gasteiger partial charge in [0.1, 0.15) is 0 Å². The lowest BCUT2D eigenvalue weighted by atomic mass is 9.90. The number of hydrazone groups is 1. The van der Waals surface area contributed by atoms with Crippen LogP contribution in [0.15, 0.2) is 29.4 Å². The van der Waals surface area contributed by atoms with Gasteiger partial charge in [0.15, 0.2) is 0 Å². The van der Waals surface area contributed by atoms with Gasteiger partial charge in [0.05, 0.1) is 11.1 Å². The molecule has 1 aromatic carbocycles. The minimum atomic E-state index is -0.863. The molecule has 1 aliphatic heterocycles. The maximum absolute atomic E-state index is 12.1. The molecule has 0 fully saturated rings. The normalized spacial score (nSPS) is 14.6. The highest BCUT2D eigenvalue weighted by Crippen LogP contribution is 2.21. The van der Waals surface area contributed by atoms with Crippen molar-refractivity contribution < 1.29 is 14.7 Å². The molecule has 0 bridgehead atoms. The van der Waals surface area contributed by atoms with Crippen LogP contribution in [0, 0.1) is 5.41 Å². The quantitative estimate of drug-likeness (QED) is 0.844. The zero-order valence-electron chi connectivity index (χ0n) is 13.8. The molecule has 23 heavy (non-hydrogen) atoms. The smallest absolute Gasteiger partial charge is 0.309 e. The molecule has 0 saturated heterocycles. The Balaban J connectivity index is 1.89. The molecule has 0 unspecified atom stereocenters. The second kappa shape index (κ2) is 6.81. The van der Waals surface area contributed by atoms with E-state index in [-0.39, 0.29) is 5.91 Å². The molecule has 0 saturated carbocycles. The summed E-state index contributed by atoms with van der Waals surface area (Å²) < 4.78 is 0. The second-order valence-electron chi connectivity index (χ2n) is 6.45. The van der Waals surface area contributed by atoms with E-state index < -0.39 is 11.4 Å². The van der Waals surface area contributed by atoms with Gasteiger partial charge in [0.25, 0.3) is 5.91 Å². The zero-order valence-corrected chi connectivity index (χ0v) is 13.8. The predicted octanol–water partition coefficient (Wildman–Crippen LogP) is 2.50. The Labute approximate surface area is 136 Å². The van der Waals surface area contributed by atoms with Crippen LogP contribution in [-0.4, -0.2) is 35.8 Å². The minimum absolute atomic E-state index is 0.196. The second-order valence-corrected chi connectivity index (χ2v) is 6.45. The molecule has 6 heteroatoms. The first-order valence-electron chi connectivity index (χ1n) is 7.73. The summed E-state index contributed by atoms with van der Waals surface area (Å²) in [5.41, 5.74) is 1.78. The first kappa shape index (κ1) is 17.0. The number of carboxylic acid groups (broad SMARTS) is 1. The average molecular weight is 317 g/mol. The summed E-state index contributed by atoms with van der Waals surface area (Å²) in [6.45, 7) is 6.49. The first-order valence-corrected chi connectivity index (χ1v) is 7.73. The van der Waals surface area contributed by atoms with Crippen molar-refractivity contribution in [3.63, 3.8) is 0 Å². The van der Waals surface area contributed by atoms with Gasteiger partial charge in [0.2, 0.25) is 0 Å². The third-order valence-electron chi connectivity index (χ3n) is 4.02. The average Bonchev–Trinajstić information content (AvgIpc) is 2.93. The largest absolute Gasteiger partial charge is 0.481 e. The molecule has 2 rings (SSSR count). The van der Waals surface area contributed by atoms with Crippen molar-refractivity contribution in [2.75, 3.05) is 18.1 Å². The van der Waals surface area contributed by atoms with Gasteiger partial charge in [-0.15, -0.1) is 0 Å². The van der Waals surface area contributed by atoms with Crippen molar-refractivity contribution in [3.8, 4) is 0 Å². The number of amides is 1. The van der Waals surface area contributed by atoms with Crippen molar-refractivity contribution in [2.45, 2.75) is 33.6 Å². The van der Waals surface area contributed by atoms with Crippen LogP contribution in [0.3, 0.4) is 0 Å². The van der Waals surface area contributed by atoms with E-state index in [2.05, 4.69) is 10.4 Å². The Kier molecular flexibility index (Phi) is 5.03. The van der Waals surface area contributed by atoms with Crippen LogP contribution in [0.25, 0.3) is 0 Å². The van der Waals surface area contributed by atoms with Crippen LogP contribution < -0.4 is 10.3 Å². The molecule has 1 aromatic rings. The van der Waals surface area contributed by atoms with Crippen molar-refractivity contribution in [3.05, 3.63) is 29.8 Å². The minimum Gasteiger partial charge on any atom is -0.481 e. The summed E-state index contributed by atoms with van der Waals surface area (Å²) in [6, 6.07) is 7.27. The van der Waals surface area contributed by atoms with Gasteiger partial charge in [-0.1, -0.05) is 0 Å². The summed E-state index contributed by atoms with van der Waals surface area (Å²) in [7, 11) is 0. The summed E-state index contributed by atoms with van der Waals surface area (Å²) in [6.07, 6.45) is 1.34. The van der Waals surface area contributed by atoms with E-state index in [1.807, 2.05) is 24.1 Å². The molecule has 1 aliphatic rings. The van der Waals surface area contributed by atoms with Gasteiger partial charge in [-0.3, -0.25) is 14.6 Å². The fourth-order valence-corrected chi connectivity index (χ4v) is 2.24. The third kappa shape index (κ3) is 4.31. The van der Waals surface area contributed by atoms with Gasteiger partial charge in [-0.2, -0.15) is 5.10 Å². The lowest BCUT2D eigenvalue weighted by Gasteiger charge is -2.19. The van der Waals surface area contributed by atoms with E-state index in [1.165, 1.54) is 0 Å². The number of hydrogen-bond donors (Lipinski definition) is 2. The molecule has 0 aromatic heterocycles. The molecule has 0 spiro atoms. The van der Waals surface area contributed by atoms with E-state index in [1.54, 1.807) is 26.0 Å². The van der Waals surface area contributed by atoms with Gasteiger partial charge < -0.3 is 10.4 Å². The van der Waals surface area contributed by atoms with Crippen LogP contribution in [0.1, 0.15) is 44.0 Å². The molecule has 1 heterocycles. The Hall–Kier alpha value is -2.37. The summed E-state index contributed by atoms with van der Waals surface area (Å²) >= 11 is 0. The lowest BCUT2D eigenvalue weighted by molar-refractivity contribution is -0.147. The number of carbonyl (C=O) groups excluding carboxylic acids is 1. The summed E-state index contributed by atoms with van der Waals surface area (Å²) in [5.74, 6) is -1.06. The highest BCUT2D eigenvalue weighted by molar-refractivity contribution is 5.94. The van der Waals surface area contributed by atoms with E-state index >= 15 is 0 Å². The van der Waals surface area contributed by atoms with Crippen LogP contribution in [-0.2, 0) is 4.79 Å². The van der Waals surface area contributed by atoms with Crippen LogP contribution in [0.2, 0.25) is 0 Å². The van der Waals surface area contributed by atoms with Crippen molar-refractivity contribution in [1.82, 2.24) is 5.32 Å². The number of anilines is 1. The number of carboxylic acids is 1. The van der Waals surface area contributed by atoms with Gasteiger partial charge in [-0.25, -0.2) is 0 Å². The Morgan fingerprint density at radius 2 is 1.96 bits per heavy atom. The standard InChI is InChI=1S/C17H23N3O3/c1-12-8-11-20(19-12)14-6-4-13(5-7-14)15(21)18-10-9-17(2,3)16(22)23/h4-7H,8-11H2,1-3H3,(H,18,21)(H,22,23). The number of hydrogen-bond acceptors (Lipinski definition) is 4. The topological polar surface area (TPSA) is 82.0 Å². The van der Waals surface area contributed by atoms with E-state index in [4.69, 9.17) is 5.11 Å². The summed E-state index contributed by atoms with van der Waals surface area (Å²) in [5, 5.41) is 18.2. The number of nitrogens with one attached hydrogen (secondary N) is 1. The number of carbonyl (C=O) groups is 2. The third-order valence-corrected chi connectivity index (χ3v) is 4.02. The van der Waals surface area contributed by atoms with E-state index in [0.717, 1.165) is 24.4 Å². The SMILES string of the molecule is CC1=NN(c2ccc(C(=O)NCCC(C)(C)C(=O)O)cc2)CC1. The highest BCUT2D eigenvalue weighted by Gasteiger charge is 2.26. The maximum Gasteiger partial charge on any atom is 0.309 e. The number of aliphatic carboxylic acids is 1. The zero-order chi connectivity index (χ0) is 17.0. The fourth-order valence-electron chi connectivity index (χ4n) is 2.24. The molecular weight excluding hydrogens is 294 g/mol. The Bertz CT molecular complexity index is 620. The first-order chi connectivity index (χ1) is 10.8. The van der Waals surface area contributed by atoms with Crippen molar-refractivity contribution >= 4 is 23.3 Å². The van der Waals surface area contributed by atoms with Crippen LogP contribution in [0.5, 0.6) is 0 Å². The molecule has 1 amide bonds. The maximum atomic E-state index is 12.1. The molecule has 0 aliphatic carbocycles. The fraction of sp³-hybridized carbons (Fsp3) is 0.471. The number of nitrogens with zero attached hydrogens (tertiary/aromatic N) is 2. The molecule has 0 radical (unpaired) electrons. The summed E-state index contributed by atoms with van der Waals surface area (Å²) in [4.78, 5) is 23.1. The monoisotopic (exact) mass is 317 g/mol. The van der Waals surface area contributed by atoms with E-state index in [9.17, 15) is 9.59 Å². The van der Waals surface area contributed by atoms with Crippen LogP contribution in [0.4, 0.5) is 5.69 Å². The van der Waals surface area contributed by atoms with E-state index in [0.29, 0.717) is 18.5 Å². The molecule has 124 valence electrons. The van der Waals surface area contributed by atoms with Gasteiger partial charge >= 0.3 is 5.97 Å². The number of rotatable bonds is 6. The molecule has 2 N–H and O–H groups in total. The molecular formula is C17H23N3O3. The van der Waals surface area contributed by atoms with Crippen molar-refractivity contribution in [2.24, 2.45) is 10.5 Å².